The molecule has 1 saturated carbocycles. The van der Waals surface area contributed by atoms with Gasteiger partial charge in [0.1, 0.15) is 0 Å². The second kappa shape index (κ2) is 3.92. The lowest BCUT2D eigenvalue weighted by Crippen LogP contribution is -2.48. The molecule has 0 radical (unpaired) electrons. The van der Waals surface area contributed by atoms with Crippen LogP contribution in [0.25, 0.3) is 0 Å². The molecule has 3 rings (SSSR count). The van der Waals surface area contributed by atoms with E-state index >= 15 is 0 Å². The first-order valence-electron chi connectivity index (χ1n) is 5.62. The molecule has 16 heavy (non-hydrogen) atoms. The second-order valence-corrected chi connectivity index (χ2v) is 5.11. The van der Waals surface area contributed by atoms with Crippen LogP contribution in [-0.4, -0.2) is 19.4 Å². The summed E-state index contributed by atoms with van der Waals surface area (Å²) in [6, 6.07) is 0. The Labute approximate surface area is 95.7 Å². The Bertz CT molecular complexity index is 358. The molecule has 4 nitrogen and oxygen atoms in total. The van der Waals surface area contributed by atoms with Gasteiger partial charge in [0.05, 0.1) is 13.3 Å². The molecule has 0 saturated heterocycles. The molecule has 1 fully saturated rings. The Kier molecular flexibility index (Phi) is 2.74. The molecular formula is C12H18N2O2. The summed E-state index contributed by atoms with van der Waals surface area (Å²) in [5.74, 6) is 1.41. The minimum Gasteiger partial charge on any atom is -0.452 e. The summed E-state index contributed by atoms with van der Waals surface area (Å²) in [6.45, 7) is 4.61. The summed E-state index contributed by atoms with van der Waals surface area (Å²) in [7, 11) is 1.32. The van der Waals surface area contributed by atoms with Gasteiger partial charge in [-0.05, 0) is 35.7 Å². The van der Waals surface area contributed by atoms with Crippen molar-refractivity contribution < 1.29 is 9.53 Å². The zero-order chi connectivity index (χ0) is 11.8. The highest BCUT2D eigenvalue weighted by atomic mass is 16.5. The lowest BCUT2D eigenvalue weighted by molar-refractivity contribution is -0.00126. The quantitative estimate of drug-likeness (QED) is 0.576. The molecule has 88 valence electrons. The van der Waals surface area contributed by atoms with Gasteiger partial charge in [0.15, 0.2) is 0 Å². The summed E-state index contributed by atoms with van der Waals surface area (Å²) < 4.78 is 4.43. The molecular weight excluding hydrogens is 204 g/mol. The largest absolute Gasteiger partial charge is 0.452 e. The van der Waals surface area contributed by atoms with E-state index in [1.54, 1.807) is 6.21 Å². The van der Waals surface area contributed by atoms with Crippen LogP contribution >= 0.6 is 0 Å². The Balaban J connectivity index is 1.96. The lowest BCUT2D eigenvalue weighted by Gasteiger charge is -2.55. The van der Waals surface area contributed by atoms with Gasteiger partial charge in [0.25, 0.3) is 0 Å². The fourth-order valence-corrected chi connectivity index (χ4v) is 2.75. The standard InChI is InChI=1S/C12H18N2O2/c1-12(2)9-5-4-8(10(12)6-9)7-13-14-11(15)16-3/h4,7,9-10H,5-6H2,1-3H3,(H,14,15)/b13-7-/t9-,10-/m1/s1. The number of fused-ring (bicyclic) bond motifs is 1. The van der Waals surface area contributed by atoms with Gasteiger partial charge >= 0.3 is 6.09 Å². The lowest BCUT2D eigenvalue weighted by atomic mass is 9.49. The van der Waals surface area contributed by atoms with E-state index < -0.39 is 6.09 Å². The van der Waals surface area contributed by atoms with Gasteiger partial charge in [-0.1, -0.05) is 19.9 Å². The zero-order valence-corrected chi connectivity index (χ0v) is 9.99. The van der Waals surface area contributed by atoms with Crippen LogP contribution in [0.1, 0.15) is 26.7 Å². The molecule has 1 N–H and O–H groups in total. The van der Waals surface area contributed by atoms with Crippen LogP contribution in [0.3, 0.4) is 0 Å². The third-order valence-electron chi connectivity index (χ3n) is 4.07. The number of nitrogens with zero attached hydrogens (tertiary/aromatic N) is 1. The summed E-state index contributed by atoms with van der Waals surface area (Å²) in [4.78, 5) is 10.8. The first kappa shape index (κ1) is 11.2. The number of nitrogens with one attached hydrogen (secondary N) is 1. The Hall–Kier alpha value is -1.32. The number of hydrogen-bond donors (Lipinski definition) is 1. The fourth-order valence-electron chi connectivity index (χ4n) is 2.75. The highest BCUT2D eigenvalue weighted by Gasteiger charge is 2.50. The van der Waals surface area contributed by atoms with Crippen molar-refractivity contribution in [1.29, 1.82) is 0 Å². The Morgan fingerprint density at radius 3 is 3.00 bits per heavy atom. The molecule has 0 aromatic carbocycles. The minimum absolute atomic E-state index is 0.390. The van der Waals surface area contributed by atoms with Crippen LogP contribution in [0.5, 0.6) is 0 Å². The molecule has 2 atom stereocenters. The predicted molar refractivity (Wildman–Crippen MR) is 62.1 cm³/mol. The third kappa shape index (κ3) is 1.72. The van der Waals surface area contributed by atoms with Gasteiger partial charge in [-0.2, -0.15) is 5.10 Å². The number of hydrazone groups is 1. The second-order valence-electron chi connectivity index (χ2n) is 5.11. The predicted octanol–water partition coefficient (Wildman–Crippen LogP) is 2.32. The van der Waals surface area contributed by atoms with Crippen molar-refractivity contribution in [1.82, 2.24) is 5.43 Å². The maximum Gasteiger partial charge on any atom is 0.427 e. The van der Waals surface area contributed by atoms with E-state index in [0.717, 1.165) is 12.3 Å². The van der Waals surface area contributed by atoms with Crippen molar-refractivity contribution in [3.8, 4) is 0 Å². The average Bonchev–Trinajstić information content (AvgIpc) is 2.28. The van der Waals surface area contributed by atoms with E-state index in [4.69, 9.17) is 0 Å². The van der Waals surface area contributed by atoms with E-state index in [2.05, 4.69) is 35.2 Å². The summed E-state index contributed by atoms with van der Waals surface area (Å²) >= 11 is 0. The van der Waals surface area contributed by atoms with Gasteiger partial charge in [0.2, 0.25) is 0 Å². The Morgan fingerprint density at radius 2 is 2.44 bits per heavy atom. The molecule has 3 aliphatic rings. The smallest absolute Gasteiger partial charge is 0.427 e. The normalized spacial score (nSPS) is 30.6. The van der Waals surface area contributed by atoms with Crippen LogP contribution in [0.2, 0.25) is 0 Å². The van der Waals surface area contributed by atoms with E-state index in [1.165, 1.54) is 19.1 Å². The van der Waals surface area contributed by atoms with Gasteiger partial charge in [-0.15, -0.1) is 0 Å². The maximum absolute atomic E-state index is 10.8. The molecule has 1 amide bonds. The summed E-state index contributed by atoms with van der Waals surface area (Å²) in [5, 5.41) is 3.89. The van der Waals surface area contributed by atoms with E-state index in [-0.39, 0.29) is 0 Å². The molecule has 0 unspecified atom stereocenters. The number of allylic oxidation sites excluding steroid dienone is 2. The molecule has 3 aliphatic carbocycles. The number of amides is 1. The summed E-state index contributed by atoms with van der Waals surface area (Å²) in [5.41, 5.74) is 3.94. The number of methoxy groups -OCH3 is 1. The Morgan fingerprint density at radius 1 is 1.69 bits per heavy atom. The van der Waals surface area contributed by atoms with Gasteiger partial charge in [-0.25, -0.2) is 10.2 Å². The fraction of sp³-hybridized carbons (Fsp3) is 0.667. The molecule has 0 aromatic rings. The number of hydrogen-bond acceptors (Lipinski definition) is 3. The molecule has 0 spiro atoms. The number of carbonyl (C=O) groups excluding carboxylic acids is 1. The maximum atomic E-state index is 10.8. The number of rotatable bonds is 2. The molecule has 0 aromatic heterocycles. The average molecular weight is 222 g/mol. The molecule has 0 aliphatic heterocycles. The monoisotopic (exact) mass is 222 g/mol. The first-order valence-corrected chi connectivity index (χ1v) is 5.62. The van der Waals surface area contributed by atoms with Crippen LogP contribution in [-0.2, 0) is 4.74 Å². The van der Waals surface area contributed by atoms with Crippen LogP contribution in [0, 0.1) is 17.3 Å². The minimum atomic E-state index is -0.529. The number of ether oxygens (including phenoxy) is 1. The van der Waals surface area contributed by atoms with Crippen molar-refractivity contribution in [2.75, 3.05) is 7.11 Å². The van der Waals surface area contributed by atoms with Crippen LogP contribution in [0.4, 0.5) is 4.79 Å². The number of carbonyl (C=O) groups is 1. The van der Waals surface area contributed by atoms with Gasteiger partial charge in [0, 0.05) is 0 Å². The SMILES string of the molecule is COC(=O)N/N=C\C1=CC[C@@H]2C[C@H]1C2(C)C. The van der Waals surface area contributed by atoms with Crippen LogP contribution < -0.4 is 5.43 Å². The van der Waals surface area contributed by atoms with E-state index in [1.807, 2.05) is 0 Å². The highest BCUT2D eigenvalue weighted by Crippen LogP contribution is 2.58. The molecule has 0 heterocycles. The van der Waals surface area contributed by atoms with Crippen molar-refractivity contribution in [2.45, 2.75) is 26.7 Å². The zero-order valence-electron chi connectivity index (χ0n) is 9.99. The topological polar surface area (TPSA) is 50.7 Å². The first-order chi connectivity index (χ1) is 7.55. The molecule has 4 heteroatoms. The third-order valence-corrected chi connectivity index (χ3v) is 4.07. The van der Waals surface area contributed by atoms with E-state index in [9.17, 15) is 4.79 Å². The van der Waals surface area contributed by atoms with E-state index in [0.29, 0.717) is 11.3 Å². The van der Waals surface area contributed by atoms with Crippen molar-refractivity contribution in [2.24, 2.45) is 22.4 Å². The van der Waals surface area contributed by atoms with Crippen LogP contribution in [0.15, 0.2) is 16.8 Å². The van der Waals surface area contributed by atoms with Crippen molar-refractivity contribution >= 4 is 12.3 Å². The van der Waals surface area contributed by atoms with Gasteiger partial charge < -0.3 is 4.74 Å². The van der Waals surface area contributed by atoms with Crippen molar-refractivity contribution in [3.63, 3.8) is 0 Å². The molecule has 2 bridgehead atoms. The van der Waals surface area contributed by atoms with Crippen molar-refractivity contribution in [3.05, 3.63) is 11.6 Å². The summed E-state index contributed by atoms with van der Waals surface area (Å²) in [6.07, 6.45) is 5.83. The van der Waals surface area contributed by atoms with Gasteiger partial charge in [-0.3, -0.25) is 0 Å². The highest BCUT2D eigenvalue weighted by molar-refractivity contribution is 5.81.